The van der Waals surface area contributed by atoms with Crippen LogP contribution < -0.4 is 15.2 Å². The Balaban J connectivity index is 0.000000646. The fraction of sp³-hybridized carbons (Fsp3) is 0.750. The lowest BCUT2D eigenvalue weighted by atomic mass is 10.0. The van der Waals surface area contributed by atoms with Crippen LogP contribution in [0.15, 0.2) is 24.3 Å². The summed E-state index contributed by atoms with van der Waals surface area (Å²) in [6, 6.07) is 6.92. The number of carboxylic acid groups (broad SMARTS) is 1. The number of nitrogens with one attached hydrogen (secondary N) is 1. The van der Waals surface area contributed by atoms with Crippen LogP contribution in [-0.2, 0) is 0 Å². The zero-order chi connectivity index (χ0) is 24.9. The molecule has 0 unspecified atom stereocenters. The van der Waals surface area contributed by atoms with Crippen molar-refractivity contribution in [3.8, 4) is 5.75 Å². The Bertz CT molecular complexity index is 634. The highest BCUT2D eigenvalue weighted by molar-refractivity contribution is 8.93. The number of likely N-dealkylation sites (tertiary alicyclic amines) is 1. The van der Waals surface area contributed by atoms with Gasteiger partial charge in [-0.1, -0.05) is 70.9 Å². The van der Waals surface area contributed by atoms with E-state index in [2.05, 4.69) is 19.2 Å². The first-order valence-corrected chi connectivity index (χ1v) is 13.7. The van der Waals surface area contributed by atoms with Gasteiger partial charge in [0.2, 0.25) is 0 Å². The second kappa shape index (κ2) is 21.9. The molecule has 0 spiro atoms. The SMILES string of the molecule is Br.CCCCCCCCC[N+]1(CCO)CCCCC1.CCCCCOc1ccccc1NC(=O)[O-]. The number of carbonyl (C=O) groups excluding carboxylic acids is 1. The van der Waals surface area contributed by atoms with Crippen molar-refractivity contribution in [2.75, 3.05) is 44.7 Å². The molecule has 7 heteroatoms. The third-order valence-corrected chi connectivity index (χ3v) is 6.70. The highest BCUT2D eigenvalue weighted by Crippen LogP contribution is 2.23. The van der Waals surface area contributed by atoms with Gasteiger partial charge in [-0.2, -0.15) is 0 Å². The van der Waals surface area contributed by atoms with Crippen LogP contribution in [0.5, 0.6) is 5.75 Å². The molecular formula is C28H51BrN2O4. The first-order chi connectivity index (χ1) is 16.6. The lowest BCUT2D eigenvalue weighted by Crippen LogP contribution is -2.53. The zero-order valence-electron chi connectivity index (χ0n) is 22.3. The average Bonchev–Trinajstić information content (AvgIpc) is 2.83. The summed E-state index contributed by atoms with van der Waals surface area (Å²) in [5, 5.41) is 21.9. The highest BCUT2D eigenvalue weighted by Gasteiger charge is 2.28. The van der Waals surface area contributed by atoms with Crippen LogP contribution in [0, 0.1) is 0 Å². The topological polar surface area (TPSA) is 81.6 Å². The first kappa shape index (κ1) is 33.7. The van der Waals surface area contributed by atoms with E-state index in [0.29, 0.717) is 24.7 Å². The number of para-hydroxylation sites is 2. The molecule has 1 amide bonds. The maximum atomic E-state index is 10.4. The van der Waals surface area contributed by atoms with Gasteiger partial charge < -0.3 is 29.5 Å². The van der Waals surface area contributed by atoms with Gasteiger partial charge in [-0.05, 0) is 50.7 Å². The van der Waals surface area contributed by atoms with Gasteiger partial charge in [0, 0.05) is 0 Å². The van der Waals surface area contributed by atoms with Crippen molar-refractivity contribution in [2.45, 2.75) is 97.3 Å². The number of rotatable bonds is 16. The van der Waals surface area contributed by atoms with Crippen molar-refractivity contribution in [3.63, 3.8) is 0 Å². The van der Waals surface area contributed by atoms with Gasteiger partial charge in [0.1, 0.15) is 18.4 Å². The highest BCUT2D eigenvalue weighted by atomic mass is 79.9. The molecule has 35 heavy (non-hydrogen) atoms. The molecule has 204 valence electrons. The Morgan fingerprint density at radius 1 is 0.914 bits per heavy atom. The number of aliphatic hydroxyl groups excluding tert-OH is 1. The van der Waals surface area contributed by atoms with Crippen LogP contribution >= 0.6 is 17.0 Å². The maximum absolute atomic E-state index is 10.4. The van der Waals surface area contributed by atoms with Crippen molar-refractivity contribution in [3.05, 3.63) is 24.3 Å². The minimum absolute atomic E-state index is 0. The van der Waals surface area contributed by atoms with Gasteiger partial charge in [0.05, 0.1) is 38.5 Å². The number of ether oxygens (including phenoxy) is 1. The summed E-state index contributed by atoms with van der Waals surface area (Å²) in [7, 11) is 0. The lowest BCUT2D eigenvalue weighted by Gasteiger charge is -2.41. The van der Waals surface area contributed by atoms with Gasteiger partial charge in [0.25, 0.3) is 0 Å². The molecule has 2 rings (SSSR count). The number of halogens is 1. The molecule has 1 aliphatic heterocycles. The standard InChI is InChI=1S/C16H34NO.C12H17NO3.BrH/c1-2-3-4-5-6-7-9-12-17(15-16-18)13-10-8-11-14-17;1-2-3-6-9-16-11-8-5-4-7-10(11)13-12(14)15;/h18H,2-16H2,1H3;4-5,7-8,13H,2-3,6,9H2,1H3,(H,14,15);1H/q+1;;/p-1. The van der Waals surface area contributed by atoms with E-state index in [-0.39, 0.29) is 17.0 Å². The Hall–Kier alpha value is -1.31. The van der Waals surface area contributed by atoms with E-state index in [1.165, 1.54) is 88.3 Å². The maximum Gasteiger partial charge on any atom is 0.142 e. The van der Waals surface area contributed by atoms with Gasteiger partial charge in [-0.15, -0.1) is 17.0 Å². The predicted octanol–water partition coefficient (Wildman–Crippen LogP) is 6.32. The normalized spacial score (nSPS) is 14.3. The number of benzene rings is 1. The van der Waals surface area contributed by atoms with Crippen LogP contribution in [0.1, 0.15) is 97.3 Å². The van der Waals surface area contributed by atoms with Crippen LogP contribution in [-0.4, -0.2) is 55.1 Å². The number of carbonyl (C=O) groups is 1. The van der Waals surface area contributed by atoms with Crippen LogP contribution in [0.4, 0.5) is 10.5 Å². The van der Waals surface area contributed by atoms with E-state index in [9.17, 15) is 15.0 Å². The monoisotopic (exact) mass is 558 g/mol. The summed E-state index contributed by atoms with van der Waals surface area (Å²) in [4.78, 5) is 10.4. The fourth-order valence-corrected chi connectivity index (χ4v) is 4.70. The van der Waals surface area contributed by atoms with E-state index in [1.54, 1.807) is 24.3 Å². The Morgan fingerprint density at radius 2 is 1.51 bits per heavy atom. The number of aliphatic hydroxyl groups is 1. The largest absolute Gasteiger partial charge is 0.530 e. The van der Waals surface area contributed by atoms with Crippen molar-refractivity contribution in [1.82, 2.24) is 0 Å². The van der Waals surface area contributed by atoms with E-state index in [4.69, 9.17) is 4.74 Å². The van der Waals surface area contributed by atoms with Crippen LogP contribution in [0.3, 0.4) is 0 Å². The molecule has 1 fully saturated rings. The van der Waals surface area contributed by atoms with Crippen LogP contribution in [0.25, 0.3) is 0 Å². The third-order valence-electron chi connectivity index (χ3n) is 6.70. The summed E-state index contributed by atoms with van der Waals surface area (Å²) in [5.74, 6) is 0.544. The fourth-order valence-electron chi connectivity index (χ4n) is 4.70. The molecule has 0 aliphatic carbocycles. The zero-order valence-corrected chi connectivity index (χ0v) is 24.0. The number of amides is 1. The molecule has 0 aromatic heterocycles. The second-order valence-corrected chi connectivity index (χ2v) is 9.61. The minimum atomic E-state index is -1.33. The molecule has 0 atom stereocenters. The number of hydrogen-bond donors (Lipinski definition) is 2. The number of anilines is 1. The van der Waals surface area contributed by atoms with E-state index in [0.717, 1.165) is 25.8 Å². The number of quaternary nitrogens is 1. The molecule has 6 nitrogen and oxygen atoms in total. The molecule has 1 saturated heterocycles. The van der Waals surface area contributed by atoms with E-state index >= 15 is 0 Å². The van der Waals surface area contributed by atoms with Crippen LogP contribution in [0.2, 0.25) is 0 Å². The second-order valence-electron chi connectivity index (χ2n) is 9.61. The van der Waals surface area contributed by atoms with Gasteiger partial charge in [0.15, 0.2) is 0 Å². The minimum Gasteiger partial charge on any atom is -0.530 e. The Labute approximate surface area is 224 Å². The summed E-state index contributed by atoms with van der Waals surface area (Å²) in [5.41, 5.74) is 0.430. The molecule has 1 aromatic rings. The Morgan fingerprint density at radius 3 is 2.14 bits per heavy atom. The van der Waals surface area contributed by atoms with Crippen molar-refractivity contribution < 1.29 is 24.2 Å². The smallest absolute Gasteiger partial charge is 0.142 e. The summed E-state index contributed by atoms with van der Waals surface area (Å²) >= 11 is 0. The van der Waals surface area contributed by atoms with Crippen molar-refractivity contribution in [1.29, 1.82) is 0 Å². The summed E-state index contributed by atoms with van der Waals surface area (Å²) < 4.78 is 6.70. The molecule has 1 heterocycles. The molecular weight excluding hydrogens is 508 g/mol. The number of nitrogens with zero attached hydrogens (tertiary/aromatic N) is 1. The number of hydrogen-bond acceptors (Lipinski definition) is 4. The summed E-state index contributed by atoms with van der Waals surface area (Å²) in [6.45, 7) is 10.3. The molecule has 1 aromatic carbocycles. The number of unbranched alkanes of at least 4 members (excludes halogenated alkanes) is 8. The van der Waals surface area contributed by atoms with Crippen molar-refractivity contribution in [2.24, 2.45) is 0 Å². The average molecular weight is 560 g/mol. The molecule has 0 saturated carbocycles. The van der Waals surface area contributed by atoms with Gasteiger partial charge in [-0.3, -0.25) is 0 Å². The third kappa shape index (κ3) is 16.1. The predicted molar refractivity (Wildman–Crippen MR) is 149 cm³/mol. The molecule has 2 N–H and O–H groups in total. The van der Waals surface area contributed by atoms with Gasteiger partial charge in [-0.25, -0.2) is 0 Å². The lowest BCUT2D eigenvalue weighted by molar-refractivity contribution is -0.932. The van der Waals surface area contributed by atoms with Crippen molar-refractivity contribution >= 4 is 28.8 Å². The summed E-state index contributed by atoms with van der Waals surface area (Å²) in [6.07, 6.45) is 15.8. The Kier molecular flexibility index (Phi) is 21.1. The van der Waals surface area contributed by atoms with E-state index < -0.39 is 6.09 Å². The quantitative estimate of drug-likeness (QED) is 0.184. The molecule has 1 aliphatic rings. The first-order valence-electron chi connectivity index (χ1n) is 13.7. The number of piperidine rings is 1. The molecule has 0 bridgehead atoms. The van der Waals surface area contributed by atoms with E-state index in [1.807, 2.05) is 0 Å². The van der Waals surface area contributed by atoms with Gasteiger partial charge >= 0.3 is 0 Å². The molecule has 0 radical (unpaired) electrons.